The van der Waals surface area contributed by atoms with Gasteiger partial charge in [0.2, 0.25) is 0 Å². The van der Waals surface area contributed by atoms with Crippen LogP contribution in [0.2, 0.25) is 10.0 Å². The summed E-state index contributed by atoms with van der Waals surface area (Å²) in [6.07, 6.45) is 1.15. The molecule has 0 aliphatic carbocycles. The summed E-state index contributed by atoms with van der Waals surface area (Å²) < 4.78 is 0. The molecule has 0 amide bonds. The predicted molar refractivity (Wildman–Crippen MR) is 77.8 cm³/mol. The van der Waals surface area contributed by atoms with Crippen LogP contribution in [-0.4, -0.2) is 29.1 Å². The third-order valence-electron chi connectivity index (χ3n) is 2.54. The number of aromatic nitrogens is 1. The van der Waals surface area contributed by atoms with Crippen LogP contribution in [0.5, 0.6) is 0 Å². The molecule has 0 saturated carbocycles. The van der Waals surface area contributed by atoms with E-state index in [1.165, 1.54) is 5.75 Å². The molecule has 1 atom stereocenters. The van der Waals surface area contributed by atoms with Crippen LogP contribution in [0, 0.1) is 0 Å². The largest absolute Gasteiger partial charge is 0.369 e. The Labute approximate surface area is 116 Å². The minimum Gasteiger partial charge on any atom is -0.369 e. The summed E-state index contributed by atoms with van der Waals surface area (Å²) in [5.41, 5.74) is 0. The van der Waals surface area contributed by atoms with Crippen molar-refractivity contribution in [3.05, 3.63) is 16.1 Å². The fraction of sp³-hybridized carbons (Fsp3) is 0.545. The summed E-state index contributed by atoms with van der Waals surface area (Å²) in [7, 11) is 0. The molecule has 0 radical (unpaired) electrons. The maximum atomic E-state index is 6.14. The van der Waals surface area contributed by atoms with Gasteiger partial charge in [0, 0.05) is 18.3 Å². The molecule has 1 aliphatic rings. The van der Waals surface area contributed by atoms with Crippen LogP contribution in [0.15, 0.2) is 6.07 Å². The third-order valence-corrected chi connectivity index (χ3v) is 4.28. The Morgan fingerprint density at radius 3 is 2.82 bits per heavy atom. The third kappa shape index (κ3) is 3.33. The van der Waals surface area contributed by atoms with Crippen LogP contribution in [0.3, 0.4) is 0 Å². The Hall–Kier alpha value is -0.320. The van der Waals surface area contributed by atoms with Crippen LogP contribution in [-0.2, 0) is 0 Å². The van der Waals surface area contributed by atoms with Gasteiger partial charge in [-0.25, -0.2) is 4.98 Å². The number of pyridine rings is 1. The number of rotatable bonds is 4. The molecule has 3 nitrogen and oxygen atoms in total. The van der Waals surface area contributed by atoms with Gasteiger partial charge in [0.05, 0.1) is 10.0 Å². The average molecular weight is 292 g/mol. The van der Waals surface area contributed by atoms with Crippen molar-refractivity contribution in [1.82, 2.24) is 4.98 Å². The van der Waals surface area contributed by atoms with Crippen molar-refractivity contribution < 1.29 is 0 Å². The Balaban J connectivity index is 2.16. The molecule has 1 fully saturated rings. The van der Waals surface area contributed by atoms with Crippen molar-refractivity contribution in [1.29, 1.82) is 0 Å². The zero-order valence-electron chi connectivity index (χ0n) is 9.59. The lowest BCUT2D eigenvalue weighted by molar-refractivity contribution is 0.807. The molecule has 2 N–H and O–H groups in total. The first-order chi connectivity index (χ1) is 8.20. The second-order valence-corrected chi connectivity index (χ2v) is 5.85. The lowest BCUT2D eigenvalue weighted by Gasteiger charge is -2.15. The molecule has 94 valence electrons. The first-order valence-electron chi connectivity index (χ1n) is 5.65. The van der Waals surface area contributed by atoms with Gasteiger partial charge in [0.25, 0.3) is 0 Å². The highest BCUT2D eigenvalue weighted by atomic mass is 35.5. The number of thioether (sulfide) groups is 1. The number of anilines is 2. The molecule has 1 saturated heterocycles. The molecule has 0 spiro atoms. The molecule has 2 rings (SSSR count). The smallest absolute Gasteiger partial charge is 0.147 e. The van der Waals surface area contributed by atoms with Crippen LogP contribution in [0.25, 0.3) is 0 Å². The molecule has 2 heterocycles. The Morgan fingerprint density at radius 2 is 2.18 bits per heavy atom. The number of halogens is 2. The molecule has 1 aromatic heterocycles. The molecule has 0 aromatic carbocycles. The molecule has 1 aromatic rings. The zero-order chi connectivity index (χ0) is 12.3. The molecule has 17 heavy (non-hydrogen) atoms. The van der Waals surface area contributed by atoms with E-state index in [9.17, 15) is 0 Å². The average Bonchev–Trinajstić information content (AvgIpc) is 2.78. The molecule has 0 bridgehead atoms. The van der Waals surface area contributed by atoms with E-state index in [1.807, 2.05) is 18.7 Å². The molecular weight excluding hydrogens is 277 g/mol. The van der Waals surface area contributed by atoms with Crippen LogP contribution >= 0.6 is 35.0 Å². The van der Waals surface area contributed by atoms with Gasteiger partial charge < -0.3 is 10.6 Å². The lowest BCUT2D eigenvalue weighted by Crippen LogP contribution is -2.19. The standard InChI is InChI=1S/C11H15Cl2N3S/c1-2-14-10-8(12)5-9(13)11(16-10)15-7-3-4-17-6-7/h5,7H,2-4,6H2,1H3,(H2,14,15,16). The number of hydrogen-bond acceptors (Lipinski definition) is 4. The summed E-state index contributed by atoms with van der Waals surface area (Å²) in [5.74, 6) is 3.71. The summed E-state index contributed by atoms with van der Waals surface area (Å²) in [6.45, 7) is 2.79. The van der Waals surface area contributed by atoms with Crippen molar-refractivity contribution in [3.8, 4) is 0 Å². The first-order valence-corrected chi connectivity index (χ1v) is 7.56. The van der Waals surface area contributed by atoms with Crippen LogP contribution in [0.4, 0.5) is 11.6 Å². The number of nitrogens with one attached hydrogen (secondary N) is 2. The highest BCUT2D eigenvalue weighted by Crippen LogP contribution is 2.31. The minimum absolute atomic E-state index is 0.459. The van der Waals surface area contributed by atoms with Crippen molar-refractivity contribution >= 4 is 46.6 Å². The lowest BCUT2D eigenvalue weighted by atomic mass is 10.2. The van der Waals surface area contributed by atoms with Crippen molar-refractivity contribution in [2.24, 2.45) is 0 Å². The monoisotopic (exact) mass is 291 g/mol. The maximum Gasteiger partial charge on any atom is 0.147 e. The number of hydrogen-bond donors (Lipinski definition) is 2. The van der Waals surface area contributed by atoms with Gasteiger partial charge in [-0.05, 0) is 25.2 Å². The molecule has 6 heteroatoms. The van der Waals surface area contributed by atoms with E-state index < -0.39 is 0 Å². The fourth-order valence-electron chi connectivity index (χ4n) is 1.70. The quantitative estimate of drug-likeness (QED) is 0.886. The summed E-state index contributed by atoms with van der Waals surface area (Å²) in [4.78, 5) is 4.43. The van der Waals surface area contributed by atoms with Gasteiger partial charge in [-0.1, -0.05) is 23.2 Å². The zero-order valence-corrected chi connectivity index (χ0v) is 11.9. The minimum atomic E-state index is 0.459. The van der Waals surface area contributed by atoms with Crippen molar-refractivity contribution in [3.63, 3.8) is 0 Å². The van der Waals surface area contributed by atoms with Crippen molar-refractivity contribution in [2.45, 2.75) is 19.4 Å². The Morgan fingerprint density at radius 1 is 1.41 bits per heavy atom. The normalized spacial score (nSPS) is 19.4. The summed E-state index contributed by atoms with van der Waals surface area (Å²) in [6, 6.07) is 2.19. The van der Waals surface area contributed by atoms with E-state index in [1.54, 1.807) is 6.07 Å². The summed E-state index contributed by atoms with van der Waals surface area (Å²) >= 11 is 14.1. The Kier molecular flexibility index (Phi) is 4.65. The number of nitrogens with zero attached hydrogens (tertiary/aromatic N) is 1. The predicted octanol–water partition coefficient (Wildman–Crippen LogP) is 3.74. The topological polar surface area (TPSA) is 37.0 Å². The summed E-state index contributed by atoms with van der Waals surface area (Å²) in [5, 5.41) is 7.63. The second kappa shape index (κ2) is 6.03. The maximum absolute atomic E-state index is 6.14. The van der Waals surface area contributed by atoms with Crippen molar-refractivity contribution in [2.75, 3.05) is 28.7 Å². The second-order valence-electron chi connectivity index (χ2n) is 3.88. The van der Waals surface area contributed by atoms with Gasteiger partial charge in [0.15, 0.2) is 0 Å². The SMILES string of the molecule is CCNc1nc(NC2CCSC2)c(Cl)cc1Cl. The van der Waals surface area contributed by atoms with E-state index in [4.69, 9.17) is 23.2 Å². The van der Waals surface area contributed by atoms with Gasteiger partial charge in [-0.3, -0.25) is 0 Å². The van der Waals surface area contributed by atoms with Gasteiger partial charge >= 0.3 is 0 Å². The van der Waals surface area contributed by atoms with E-state index in [0.717, 1.165) is 24.5 Å². The highest BCUT2D eigenvalue weighted by Gasteiger charge is 2.17. The van der Waals surface area contributed by atoms with E-state index in [0.29, 0.717) is 21.9 Å². The van der Waals surface area contributed by atoms with Crippen LogP contribution in [0.1, 0.15) is 13.3 Å². The Bertz CT molecular complexity index is 395. The highest BCUT2D eigenvalue weighted by molar-refractivity contribution is 7.99. The van der Waals surface area contributed by atoms with Gasteiger partial charge in [-0.2, -0.15) is 11.8 Å². The van der Waals surface area contributed by atoms with Gasteiger partial charge in [0.1, 0.15) is 11.6 Å². The van der Waals surface area contributed by atoms with E-state index in [2.05, 4.69) is 15.6 Å². The molecule has 1 aliphatic heterocycles. The first kappa shape index (κ1) is 13.1. The fourth-order valence-corrected chi connectivity index (χ4v) is 3.33. The van der Waals surface area contributed by atoms with Gasteiger partial charge in [-0.15, -0.1) is 0 Å². The van der Waals surface area contributed by atoms with E-state index >= 15 is 0 Å². The molecular formula is C11H15Cl2N3S. The molecule has 1 unspecified atom stereocenters. The van der Waals surface area contributed by atoms with E-state index in [-0.39, 0.29) is 0 Å². The van der Waals surface area contributed by atoms with Crippen LogP contribution < -0.4 is 10.6 Å².